The largest absolute Gasteiger partial charge is 0.372 e. The lowest BCUT2D eigenvalue weighted by molar-refractivity contribution is 0.0952. The van der Waals surface area contributed by atoms with E-state index in [1.807, 2.05) is 54.6 Å². The number of ether oxygens (including phenoxy) is 1. The molecule has 36 heavy (non-hydrogen) atoms. The summed E-state index contributed by atoms with van der Waals surface area (Å²) in [5.74, 6) is -0.108. The number of nitrogens with one attached hydrogen (secondary N) is 2. The molecule has 0 unspecified atom stereocenters. The quantitative estimate of drug-likeness (QED) is 0.377. The van der Waals surface area contributed by atoms with E-state index in [2.05, 4.69) is 15.3 Å². The van der Waals surface area contributed by atoms with Gasteiger partial charge in [0.2, 0.25) is 0 Å². The first-order valence-corrected chi connectivity index (χ1v) is 12.2. The van der Waals surface area contributed by atoms with Crippen molar-refractivity contribution in [3.05, 3.63) is 109 Å². The second-order valence-electron chi connectivity index (χ2n) is 9.05. The molecule has 0 saturated heterocycles. The first kappa shape index (κ1) is 23.7. The fourth-order valence-corrected chi connectivity index (χ4v) is 4.25. The first-order valence-electron chi connectivity index (χ1n) is 12.2. The molecule has 2 aromatic carbocycles. The Morgan fingerprint density at radius 3 is 2.36 bits per heavy atom. The average Bonchev–Trinajstić information content (AvgIpc) is 3.74. The van der Waals surface area contributed by atoms with Crippen molar-refractivity contribution in [1.82, 2.24) is 19.9 Å². The van der Waals surface area contributed by atoms with Crippen LogP contribution in [-0.4, -0.2) is 20.4 Å². The van der Waals surface area contributed by atoms with Crippen molar-refractivity contribution in [1.29, 1.82) is 0 Å². The number of pyridine rings is 1. The molecule has 5 rings (SSSR count). The molecule has 1 aliphatic carbocycles. The van der Waals surface area contributed by atoms with E-state index >= 15 is 0 Å². The van der Waals surface area contributed by atoms with Gasteiger partial charge < -0.3 is 10.1 Å². The number of hydrogen-bond acceptors (Lipinski definition) is 5. The first-order chi connectivity index (χ1) is 17.5. The number of nitrogens with zero attached hydrogens (tertiary/aromatic N) is 2. The molecule has 0 radical (unpaired) electrons. The lowest BCUT2D eigenvalue weighted by Gasteiger charge is -2.13. The molecule has 1 amide bonds. The molecule has 0 bridgehead atoms. The lowest BCUT2D eigenvalue weighted by Crippen LogP contribution is -2.33. The van der Waals surface area contributed by atoms with E-state index in [4.69, 9.17) is 4.74 Å². The fourth-order valence-electron chi connectivity index (χ4n) is 4.25. The van der Waals surface area contributed by atoms with Crippen molar-refractivity contribution in [3.63, 3.8) is 0 Å². The second kappa shape index (κ2) is 10.3. The van der Waals surface area contributed by atoms with Gasteiger partial charge in [0.25, 0.3) is 11.5 Å². The number of aromatic nitrogens is 3. The SMILES string of the molecule is CCn1c(=O)[nH]c(=O)c2c(C(=O)NCc3ccc(COCc4ccccc4)cc3)cc(C3CC3)nc21. The summed E-state index contributed by atoms with van der Waals surface area (Å²) in [5.41, 5.74) is 3.24. The van der Waals surface area contributed by atoms with Gasteiger partial charge in [-0.3, -0.25) is 19.1 Å². The van der Waals surface area contributed by atoms with Gasteiger partial charge in [0, 0.05) is 24.7 Å². The number of benzene rings is 2. The van der Waals surface area contributed by atoms with Gasteiger partial charge in [0.15, 0.2) is 5.65 Å². The molecule has 1 fully saturated rings. The molecular formula is C28H28N4O4. The number of carbonyl (C=O) groups is 1. The van der Waals surface area contributed by atoms with E-state index in [-0.39, 0.29) is 28.4 Å². The Morgan fingerprint density at radius 1 is 1.03 bits per heavy atom. The van der Waals surface area contributed by atoms with Crippen molar-refractivity contribution >= 4 is 16.9 Å². The van der Waals surface area contributed by atoms with Crippen LogP contribution in [-0.2, 0) is 31.0 Å². The summed E-state index contributed by atoms with van der Waals surface area (Å²) in [7, 11) is 0. The van der Waals surface area contributed by atoms with E-state index in [1.165, 1.54) is 4.57 Å². The van der Waals surface area contributed by atoms with E-state index in [1.54, 1.807) is 13.0 Å². The Balaban J connectivity index is 1.29. The molecule has 2 heterocycles. The van der Waals surface area contributed by atoms with Gasteiger partial charge in [0.05, 0.1) is 24.2 Å². The third-order valence-electron chi connectivity index (χ3n) is 6.38. The molecule has 0 atom stereocenters. The van der Waals surface area contributed by atoms with Crippen molar-refractivity contribution in [2.24, 2.45) is 0 Å². The van der Waals surface area contributed by atoms with Gasteiger partial charge in [-0.1, -0.05) is 54.6 Å². The maximum absolute atomic E-state index is 13.2. The normalized spacial score (nSPS) is 13.1. The highest BCUT2D eigenvalue weighted by Gasteiger charge is 2.28. The minimum absolute atomic E-state index is 0.143. The summed E-state index contributed by atoms with van der Waals surface area (Å²) in [6.45, 7) is 3.50. The summed E-state index contributed by atoms with van der Waals surface area (Å²) in [6, 6.07) is 19.6. The summed E-state index contributed by atoms with van der Waals surface area (Å²) >= 11 is 0. The van der Waals surface area contributed by atoms with E-state index in [9.17, 15) is 14.4 Å². The Labute approximate surface area is 208 Å². The van der Waals surface area contributed by atoms with Crippen LogP contribution in [0.2, 0.25) is 0 Å². The zero-order chi connectivity index (χ0) is 25.1. The molecule has 8 heteroatoms. The van der Waals surface area contributed by atoms with Crippen molar-refractivity contribution in [2.75, 3.05) is 0 Å². The number of rotatable bonds is 9. The predicted octanol–water partition coefficient (Wildman–Crippen LogP) is 3.63. The Kier molecular flexibility index (Phi) is 6.77. The highest BCUT2D eigenvalue weighted by atomic mass is 16.5. The molecule has 184 valence electrons. The van der Waals surface area contributed by atoms with Crippen LogP contribution < -0.4 is 16.6 Å². The van der Waals surface area contributed by atoms with Gasteiger partial charge in [-0.25, -0.2) is 9.78 Å². The number of H-pyrrole nitrogens is 1. The van der Waals surface area contributed by atoms with Gasteiger partial charge in [-0.15, -0.1) is 0 Å². The number of hydrogen-bond donors (Lipinski definition) is 2. The number of carbonyl (C=O) groups excluding carboxylic acids is 1. The molecule has 1 saturated carbocycles. The van der Waals surface area contributed by atoms with E-state index in [0.717, 1.165) is 35.2 Å². The number of fused-ring (bicyclic) bond motifs is 1. The lowest BCUT2D eigenvalue weighted by atomic mass is 10.1. The number of aryl methyl sites for hydroxylation is 1. The Bertz CT molecular complexity index is 1500. The zero-order valence-corrected chi connectivity index (χ0v) is 20.1. The summed E-state index contributed by atoms with van der Waals surface area (Å²) in [6.07, 6.45) is 1.97. The highest BCUT2D eigenvalue weighted by molar-refractivity contribution is 6.05. The maximum atomic E-state index is 13.2. The Morgan fingerprint density at radius 2 is 1.69 bits per heavy atom. The van der Waals surface area contributed by atoms with Crippen LogP contribution in [0, 0.1) is 0 Å². The highest BCUT2D eigenvalue weighted by Crippen LogP contribution is 2.39. The second-order valence-corrected chi connectivity index (χ2v) is 9.05. The average molecular weight is 485 g/mol. The monoisotopic (exact) mass is 484 g/mol. The molecule has 8 nitrogen and oxygen atoms in total. The van der Waals surface area contributed by atoms with Crippen LogP contribution in [0.1, 0.15) is 58.4 Å². The van der Waals surface area contributed by atoms with E-state index < -0.39 is 11.2 Å². The third kappa shape index (κ3) is 5.13. The van der Waals surface area contributed by atoms with Crippen LogP contribution in [0.15, 0.2) is 70.3 Å². The van der Waals surface area contributed by atoms with Crippen LogP contribution in [0.5, 0.6) is 0 Å². The molecule has 4 aromatic rings. The van der Waals surface area contributed by atoms with Crippen LogP contribution in [0.25, 0.3) is 11.0 Å². The molecule has 0 spiro atoms. The van der Waals surface area contributed by atoms with Gasteiger partial charge >= 0.3 is 5.69 Å². The minimum atomic E-state index is -0.598. The smallest absolute Gasteiger partial charge is 0.329 e. The van der Waals surface area contributed by atoms with Gasteiger partial charge in [0.1, 0.15) is 0 Å². The zero-order valence-electron chi connectivity index (χ0n) is 20.1. The van der Waals surface area contributed by atoms with Crippen molar-refractivity contribution in [2.45, 2.75) is 52.0 Å². The third-order valence-corrected chi connectivity index (χ3v) is 6.38. The van der Waals surface area contributed by atoms with Crippen LogP contribution in [0.3, 0.4) is 0 Å². The molecule has 1 aliphatic rings. The maximum Gasteiger partial charge on any atom is 0.329 e. The topological polar surface area (TPSA) is 106 Å². The van der Waals surface area contributed by atoms with Crippen LogP contribution in [0.4, 0.5) is 0 Å². The van der Waals surface area contributed by atoms with Crippen molar-refractivity contribution < 1.29 is 9.53 Å². The van der Waals surface area contributed by atoms with Gasteiger partial charge in [-0.05, 0) is 42.5 Å². The molecular weight excluding hydrogens is 456 g/mol. The molecule has 2 N–H and O–H groups in total. The molecule has 0 aliphatic heterocycles. The minimum Gasteiger partial charge on any atom is -0.372 e. The standard InChI is InChI=1S/C28H28N4O4/c1-2-32-25-24(27(34)31-28(32)35)22(14-23(30-25)21-12-13-21)26(33)29-15-18-8-10-20(11-9-18)17-36-16-19-6-4-3-5-7-19/h3-11,14,21H,2,12-13,15-17H2,1H3,(H,29,33)(H,31,34,35). The summed E-state index contributed by atoms with van der Waals surface area (Å²) < 4.78 is 7.18. The van der Waals surface area contributed by atoms with Crippen LogP contribution >= 0.6 is 0 Å². The van der Waals surface area contributed by atoms with Crippen molar-refractivity contribution in [3.8, 4) is 0 Å². The van der Waals surface area contributed by atoms with Gasteiger partial charge in [-0.2, -0.15) is 0 Å². The Hall–Kier alpha value is -4.04. The number of amides is 1. The molecule has 2 aromatic heterocycles. The summed E-state index contributed by atoms with van der Waals surface area (Å²) in [4.78, 5) is 45.1. The summed E-state index contributed by atoms with van der Waals surface area (Å²) in [5, 5.41) is 3.06. The van der Waals surface area contributed by atoms with E-state index in [0.29, 0.717) is 26.3 Å². The fraction of sp³-hybridized carbons (Fsp3) is 0.286. The predicted molar refractivity (Wildman–Crippen MR) is 137 cm³/mol. The number of aromatic amines is 1.